The summed E-state index contributed by atoms with van der Waals surface area (Å²) >= 11 is 0. The van der Waals surface area contributed by atoms with Crippen molar-refractivity contribution >= 4 is 5.91 Å². The Morgan fingerprint density at radius 2 is 2.38 bits per heavy atom. The van der Waals surface area contributed by atoms with Gasteiger partial charge in [-0.05, 0) is 32.4 Å². The number of carbonyl (C=O) groups excluding carboxylic acids is 1. The van der Waals surface area contributed by atoms with Crippen LogP contribution in [0.5, 0.6) is 0 Å². The van der Waals surface area contributed by atoms with Gasteiger partial charge in [-0.3, -0.25) is 9.59 Å². The molecule has 0 aliphatic rings. The number of aromatic nitrogens is 2. The Kier molecular flexibility index (Phi) is 4.65. The molecule has 0 bridgehead atoms. The molecule has 6 nitrogen and oxygen atoms in total. The lowest BCUT2D eigenvalue weighted by molar-refractivity contribution is 0.0932. The third kappa shape index (κ3) is 3.82. The zero-order valence-corrected chi connectivity index (χ0v) is 9.19. The maximum Gasteiger partial charge on any atom is 0.271 e. The fourth-order valence-electron chi connectivity index (χ4n) is 1.26. The van der Waals surface area contributed by atoms with Crippen LogP contribution in [-0.4, -0.2) is 28.7 Å². The van der Waals surface area contributed by atoms with Gasteiger partial charge in [0.05, 0.1) is 0 Å². The number of rotatable bonds is 5. The molecule has 1 atom stereocenters. The Morgan fingerprint density at radius 3 is 2.94 bits per heavy atom. The molecule has 4 N–H and O–H groups in total. The molecule has 0 aliphatic carbocycles. The number of nitrogens with one attached hydrogen (secondary N) is 2. The van der Waals surface area contributed by atoms with Crippen LogP contribution in [0.4, 0.5) is 0 Å². The van der Waals surface area contributed by atoms with E-state index in [9.17, 15) is 9.59 Å². The first kappa shape index (κ1) is 12.4. The van der Waals surface area contributed by atoms with Gasteiger partial charge in [-0.1, -0.05) is 0 Å². The van der Waals surface area contributed by atoms with Gasteiger partial charge >= 0.3 is 0 Å². The highest BCUT2D eigenvalue weighted by molar-refractivity contribution is 5.92. The van der Waals surface area contributed by atoms with Crippen molar-refractivity contribution in [3.63, 3.8) is 0 Å². The van der Waals surface area contributed by atoms with E-state index in [0.29, 0.717) is 6.54 Å². The molecule has 1 aromatic heterocycles. The monoisotopic (exact) mass is 224 g/mol. The van der Waals surface area contributed by atoms with E-state index in [1.165, 1.54) is 12.1 Å². The summed E-state index contributed by atoms with van der Waals surface area (Å²) in [4.78, 5) is 22.3. The van der Waals surface area contributed by atoms with Crippen molar-refractivity contribution in [3.8, 4) is 0 Å². The molecule has 1 amide bonds. The number of aromatic amines is 1. The van der Waals surface area contributed by atoms with E-state index >= 15 is 0 Å². The van der Waals surface area contributed by atoms with Crippen molar-refractivity contribution in [2.24, 2.45) is 5.73 Å². The van der Waals surface area contributed by atoms with Gasteiger partial charge < -0.3 is 11.1 Å². The van der Waals surface area contributed by atoms with Crippen molar-refractivity contribution in [2.45, 2.75) is 25.8 Å². The summed E-state index contributed by atoms with van der Waals surface area (Å²) < 4.78 is 0. The third-order valence-corrected chi connectivity index (χ3v) is 2.13. The molecule has 0 aromatic carbocycles. The van der Waals surface area contributed by atoms with Crippen LogP contribution < -0.4 is 16.6 Å². The summed E-state index contributed by atoms with van der Waals surface area (Å²) in [6, 6.07) is 2.71. The van der Waals surface area contributed by atoms with Crippen LogP contribution in [0.15, 0.2) is 16.9 Å². The summed E-state index contributed by atoms with van der Waals surface area (Å²) in [6.07, 6.45) is 1.69. The molecule has 1 unspecified atom stereocenters. The Hall–Kier alpha value is -1.69. The Bertz CT molecular complexity index is 382. The molecule has 0 saturated carbocycles. The lowest BCUT2D eigenvalue weighted by Gasteiger charge is -2.12. The summed E-state index contributed by atoms with van der Waals surface area (Å²) in [7, 11) is 0. The highest BCUT2D eigenvalue weighted by Gasteiger charge is 2.10. The van der Waals surface area contributed by atoms with Gasteiger partial charge in [0, 0.05) is 12.1 Å². The quantitative estimate of drug-likeness (QED) is 0.635. The minimum absolute atomic E-state index is 0.0461. The average Bonchev–Trinajstić information content (AvgIpc) is 2.27. The second kappa shape index (κ2) is 6.02. The van der Waals surface area contributed by atoms with Gasteiger partial charge in [0.2, 0.25) is 0 Å². The lowest BCUT2D eigenvalue weighted by atomic mass is 10.2. The summed E-state index contributed by atoms with van der Waals surface area (Å²) in [5.41, 5.74) is 5.25. The first-order valence-electron chi connectivity index (χ1n) is 5.20. The van der Waals surface area contributed by atoms with Crippen LogP contribution in [0.25, 0.3) is 0 Å². The molecule has 0 saturated heterocycles. The zero-order valence-electron chi connectivity index (χ0n) is 9.19. The SMILES string of the molecule is CC(CCCN)NC(=O)c1ccc(=O)[nH]n1. The standard InChI is InChI=1S/C10H16N4O2/c1-7(3-2-6-11)12-10(16)8-4-5-9(15)14-13-8/h4-5,7H,2-3,6,11H2,1H3,(H,12,16)(H,14,15). The van der Waals surface area contributed by atoms with Crippen molar-refractivity contribution in [2.75, 3.05) is 6.54 Å². The van der Waals surface area contributed by atoms with Gasteiger partial charge in [0.25, 0.3) is 11.5 Å². The molecule has 0 radical (unpaired) electrons. The van der Waals surface area contributed by atoms with E-state index in [0.717, 1.165) is 12.8 Å². The molecular weight excluding hydrogens is 208 g/mol. The molecule has 0 aliphatic heterocycles. The Balaban J connectivity index is 2.52. The minimum Gasteiger partial charge on any atom is -0.348 e. The molecular formula is C10H16N4O2. The number of carbonyl (C=O) groups is 1. The predicted octanol–water partition coefficient (Wildman–Crippen LogP) is -0.373. The lowest BCUT2D eigenvalue weighted by Crippen LogP contribution is -2.34. The topological polar surface area (TPSA) is 101 Å². The molecule has 1 rings (SSSR count). The molecule has 6 heteroatoms. The first-order chi connectivity index (χ1) is 7.63. The largest absolute Gasteiger partial charge is 0.348 e. The minimum atomic E-state index is -0.326. The van der Waals surface area contributed by atoms with Crippen molar-refractivity contribution in [1.82, 2.24) is 15.5 Å². The van der Waals surface area contributed by atoms with E-state index < -0.39 is 0 Å². The van der Waals surface area contributed by atoms with Crippen LogP contribution in [0.1, 0.15) is 30.3 Å². The van der Waals surface area contributed by atoms with E-state index in [-0.39, 0.29) is 23.2 Å². The number of nitrogens with two attached hydrogens (primary N) is 1. The predicted molar refractivity (Wildman–Crippen MR) is 60.1 cm³/mol. The number of nitrogens with zero attached hydrogens (tertiary/aromatic N) is 1. The van der Waals surface area contributed by atoms with Crippen LogP contribution >= 0.6 is 0 Å². The molecule has 0 spiro atoms. The van der Waals surface area contributed by atoms with Crippen LogP contribution in [0.3, 0.4) is 0 Å². The second-order valence-corrected chi connectivity index (χ2v) is 3.61. The molecule has 0 fully saturated rings. The maximum absolute atomic E-state index is 11.6. The molecule has 88 valence electrons. The number of amides is 1. The molecule has 16 heavy (non-hydrogen) atoms. The van der Waals surface area contributed by atoms with Crippen molar-refractivity contribution < 1.29 is 4.79 Å². The fourth-order valence-corrected chi connectivity index (χ4v) is 1.26. The second-order valence-electron chi connectivity index (χ2n) is 3.61. The summed E-state index contributed by atoms with van der Waals surface area (Å²) in [5.74, 6) is -0.291. The maximum atomic E-state index is 11.6. The normalized spacial score (nSPS) is 12.1. The highest BCUT2D eigenvalue weighted by atomic mass is 16.2. The van der Waals surface area contributed by atoms with E-state index in [4.69, 9.17) is 5.73 Å². The Morgan fingerprint density at radius 1 is 1.62 bits per heavy atom. The van der Waals surface area contributed by atoms with Crippen LogP contribution in [-0.2, 0) is 0 Å². The summed E-state index contributed by atoms with van der Waals surface area (Å²) in [5, 5.41) is 8.62. The molecule has 1 aromatic rings. The van der Waals surface area contributed by atoms with Gasteiger partial charge in [0.15, 0.2) is 0 Å². The van der Waals surface area contributed by atoms with Crippen LogP contribution in [0, 0.1) is 0 Å². The number of H-pyrrole nitrogens is 1. The number of hydrogen-bond acceptors (Lipinski definition) is 4. The van der Waals surface area contributed by atoms with Crippen LogP contribution in [0.2, 0.25) is 0 Å². The smallest absolute Gasteiger partial charge is 0.271 e. The third-order valence-electron chi connectivity index (χ3n) is 2.13. The average molecular weight is 224 g/mol. The van der Waals surface area contributed by atoms with E-state index in [1.807, 2.05) is 6.92 Å². The van der Waals surface area contributed by atoms with Gasteiger partial charge in [-0.25, -0.2) is 5.10 Å². The Labute approximate surface area is 93.2 Å². The van der Waals surface area contributed by atoms with Crippen molar-refractivity contribution in [1.29, 1.82) is 0 Å². The fraction of sp³-hybridized carbons (Fsp3) is 0.500. The van der Waals surface area contributed by atoms with E-state index in [2.05, 4.69) is 15.5 Å². The first-order valence-corrected chi connectivity index (χ1v) is 5.20. The van der Waals surface area contributed by atoms with E-state index in [1.54, 1.807) is 0 Å². The van der Waals surface area contributed by atoms with Gasteiger partial charge in [-0.15, -0.1) is 0 Å². The molecule has 1 heterocycles. The van der Waals surface area contributed by atoms with Crippen molar-refractivity contribution in [3.05, 3.63) is 28.2 Å². The number of hydrogen-bond donors (Lipinski definition) is 3. The highest BCUT2D eigenvalue weighted by Crippen LogP contribution is 1.97. The van der Waals surface area contributed by atoms with Gasteiger partial charge in [0.1, 0.15) is 5.69 Å². The summed E-state index contributed by atoms with van der Waals surface area (Å²) in [6.45, 7) is 2.51. The van der Waals surface area contributed by atoms with Gasteiger partial charge in [-0.2, -0.15) is 5.10 Å². The zero-order chi connectivity index (χ0) is 12.0.